The quantitative estimate of drug-likeness (QED) is 0.0666. The molecule has 0 aliphatic heterocycles. The lowest BCUT2D eigenvalue weighted by molar-refractivity contribution is 0.261. The maximum absolute atomic E-state index is 5.44. The Morgan fingerprint density at radius 3 is 2.11 bits per heavy atom. The Hall–Kier alpha value is -8.16. The summed E-state index contributed by atoms with van der Waals surface area (Å²) >= 11 is 0. The summed E-state index contributed by atoms with van der Waals surface area (Å²) in [5.41, 5.74) is 7.80. The molecule has 6 aromatic heterocycles. The highest BCUT2D eigenvalue weighted by Gasteiger charge is 2.42. The van der Waals surface area contributed by atoms with Gasteiger partial charge in [0.25, 0.3) is 0 Å². The highest BCUT2D eigenvalue weighted by Crippen LogP contribution is 2.42. The predicted octanol–water partition coefficient (Wildman–Crippen LogP) is 11.3. The molecule has 0 saturated heterocycles. The van der Waals surface area contributed by atoms with Crippen molar-refractivity contribution in [2.24, 2.45) is 0 Å². The summed E-state index contributed by atoms with van der Waals surface area (Å²) in [6.45, 7) is 8.23. The number of H-pyrrole nitrogens is 1. The number of aryl methyl sites for hydroxylation is 3. The Morgan fingerprint density at radius 1 is 0.675 bits per heavy atom. The first-order chi connectivity index (χ1) is 39.3. The number of rotatable bonds is 17. The molecule has 0 bridgehead atoms. The van der Waals surface area contributed by atoms with E-state index in [0.717, 1.165) is 114 Å². The van der Waals surface area contributed by atoms with Gasteiger partial charge in [-0.15, -0.1) is 15.3 Å². The van der Waals surface area contributed by atoms with Crippen molar-refractivity contribution < 1.29 is 8.94 Å². The predicted molar refractivity (Wildman–Crippen MR) is 306 cm³/mol. The minimum atomic E-state index is -0.347. The Labute approximate surface area is 466 Å². The normalized spacial score (nSPS) is 16.4. The zero-order valence-corrected chi connectivity index (χ0v) is 46.2. The summed E-state index contributed by atoms with van der Waals surface area (Å²) in [5, 5.41) is 54.8. The summed E-state index contributed by atoms with van der Waals surface area (Å²) < 4.78 is 16.6. The van der Waals surface area contributed by atoms with Crippen molar-refractivity contribution in [2.45, 2.75) is 153 Å². The van der Waals surface area contributed by atoms with Gasteiger partial charge in [-0.1, -0.05) is 154 Å². The van der Waals surface area contributed by atoms with Crippen LogP contribution in [0, 0.1) is 20.8 Å². The molecule has 0 amide bonds. The van der Waals surface area contributed by atoms with E-state index in [9.17, 15) is 0 Å². The zero-order chi connectivity index (χ0) is 54.6. The van der Waals surface area contributed by atoms with E-state index in [-0.39, 0.29) is 17.1 Å². The fourth-order valence-corrected chi connectivity index (χ4v) is 12.2. The molecule has 10 aromatic rings. The smallest absolute Gasteiger partial charge is 0.182 e. The third kappa shape index (κ3) is 12.3. The van der Waals surface area contributed by atoms with Crippen molar-refractivity contribution >= 4 is 16.7 Å². The summed E-state index contributed by atoms with van der Waals surface area (Å²) in [6.07, 6.45) is 21.4. The van der Waals surface area contributed by atoms with E-state index < -0.39 is 0 Å². The largest absolute Gasteiger partial charge is 0.468 e. The van der Waals surface area contributed by atoms with Gasteiger partial charge in [-0.05, 0) is 143 Å². The summed E-state index contributed by atoms with van der Waals surface area (Å²) in [5.74, 6) is 5.08. The Balaban J connectivity index is 0.000000127. The molecular formula is C61H73N17O2. The number of aromatic nitrogens is 14. The van der Waals surface area contributed by atoms with E-state index in [1.165, 1.54) is 67.8 Å². The van der Waals surface area contributed by atoms with Gasteiger partial charge in [0.2, 0.25) is 0 Å². The summed E-state index contributed by atoms with van der Waals surface area (Å²) in [6, 6.07) is 41.2. The standard InChI is InChI=1S/C22H30N6.C20H19N5O.C19H24N6O/c1-2-8-18(9-3-1)28-21(25-26-27-28)22(13-6-7-14-22)24-15-12-17-16-23-20-11-5-4-10-19(17)20;1-3-8-16(9-4-1)15-25-20(22-23-24-25)19(17-10-5-2-6-11-17)21-14-18-12-7-13-26-18;1-13-8-7-9-14(2)17(13)25-18(21-23-24-25)19(10-5-4-6-11-19)20-16-12-15(3)26-22-16/h4-5,10-11,16,18,23-24H,1-3,6-9,12-15H2;1-13,19,21H,14-15H2;7-9,12H,4-6,10-11H2,1-3H3,(H,20,22). The van der Waals surface area contributed by atoms with Crippen molar-refractivity contribution in [3.8, 4) is 5.69 Å². The van der Waals surface area contributed by atoms with E-state index in [0.29, 0.717) is 19.1 Å². The zero-order valence-electron chi connectivity index (χ0n) is 46.2. The number of nitrogens with zero attached hydrogens (tertiary/aromatic N) is 13. The van der Waals surface area contributed by atoms with Crippen LogP contribution in [0.5, 0.6) is 0 Å². The van der Waals surface area contributed by atoms with Gasteiger partial charge in [-0.3, -0.25) is 5.32 Å². The van der Waals surface area contributed by atoms with E-state index >= 15 is 0 Å². The van der Waals surface area contributed by atoms with Gasteiger partial charge >= 0.3 is 0 Å². The van der Waals surface area contributed by atoms with Gasteiger partial charge < -0.3 is 24.6 Å². The highest BCUT2D eigenvalue weighted by molar-refractivity contribution is 5.83. The topological polar surface area (TPSA) is 222 Å². The molecule has 3 aliphatic carbocycles. The van der Waals surface area contributed by atoms with Crippen molar-refractivity contribution in [1.82, 2.24) is 81.4 Å². The third-order valence-corrected chi connectivity index (χ3v) is 16.3. The van der Waals surface area contributed by atoms with Crippen molar-refractivity contribution in [1.29, 1.82) is 0 Å². The first-order valence-electron chi connectivity index (χ1n) is 28.6. The van der Waals surface area contributed by atoms with Gasteiger partial charge in [-0.25, -0.2) is 9.36 Å². The molecule has 6 heterocycles. The Bertz CT molecular complexity index is 3450. The molecule has 3 aliphatic rings. The van der Waals surface area contributed by atoms with Crippen LogP contribution in [0.2, 0.25) is 0 Å². The maximum atomic E-state index is 5.44. The molecule has 1 unspecified atom stereocenters. The minimum absolute atomic E-state index is 0.0624. The molecule has 13 rings (SSSR count). The lowest BCUT2D eigenvalue weighted by Crippen LogP contribution is -2.44. The molecule has 3 fully saturated rings. The van der Waals surface area contributed by atoms with Gasteiger partial charge in [0.1, 0.15) is 17.1 Å². The number of hydrogen-bond acceptors (Lipinski definition) is 15. The number of tetrazole rings is 3. The SMILES string of the molecule is Cc1cc(NC2(c3nnnn3-c3c(C)cccc3C)CCCCC2)no1.c1ccc(Cn2nnnc2C(NCc2ccco2)c2ccccc2)cc1.c1ccc2c(CCNC3(c4nnnn4C4CCCCC4)CCCC3)c[nH]c2c1. The molecule has 1 atom stereocenters. The van der Waals surface area contributed by atoms with Crippen molar-refractivity contribution in [3.05, 3.63) is 191 Å². The number of hydrogen-bond donors (Lipinski definition) is 4. The van der Waals surface area contributed by atoms with Gasteiger partial charge in [0, 0.05) is 29.7 Å². The fraction of sp³-hybridized carbons (Fsp3) is 0.410. The first kappa shape index (κ1) is 53.8. The molecule has 80 heavy (non-hydrogen) atoms. The number of para-hydroxylation sites is 2. The highest BCUT2D eigenvalue weighted by atomic mass is 16.5. The van der Waals surface area contributed by atoms with Crippen LogP contribution in [0.3, 0.4) is 0 Å². The molecule has 4 aromatic carbocycles. The molecule has 414 valence electrons. The molecule has 0 spiro atoms. The maximum Gasteiger partial charge on any atom is 0.182 e. The number of furan rings is 1. The van der Waals surface area contributed by atoms with Crippen LogP contribution < -0.4 is 16.0 Å². The lowest BCUT2D eigenvalue weighted by Gasteiger charge is -2.36. The second kappa shape index (κ2) is 25.3. The molecule has 0 radical (unpaired) electrons. The van der Waals surface area contributed by atoms with Crippen LogP contribution in [0.15, 0.2) is 143 Å². The van der Waals surface area contributed by atoms with Gasteiger partial charge in [-0.2, -0.15) is 4.68 Å². The second-order valence-corrected chi connectivity index (χ2v) is 21.8. The lowest BCUT2D eigenvalue weighted by atomic mass is 9.80. The molecule has 19 heteroatoms. The Kier molecular flexibility index (Phi) is 17.0. The number of nitrogens with one attached hydrogen (secondary N) is 4. The van der Waals surface area contributed by atoms with Crippen LogP contribution in [-0.4, -0.2) is 77.3 Å². The van der Waals surface area contributed by atoms with Crippen LogP contribution in [0.4, 0.5) is 5.82 Å². The number of anilines is 1. The van der Waals surface area contributed by atoms with Crippen molar-refractivity contribution in [3.63, 3.8) is 0 Å². The van der Waals surface area contributed by atoms with E-state index in [1.807, 2.05) is 70.9 Å². The molecule has 4 N–H and O–H groups in total. The van der Waals surface area contributed by atoms with Crippen LogP contribution in [-0.2, 0) is 30.6 Å². The average molecular weight is 1080 g/mol. The molecule has 3 saturated carbocycles. The number of aromatic amines is 1. The monoisotopic (exact) mass is 1080 g/mol. The second-order valence-electron chi connectivity index (χ2n) is 21.8. The number of benzene rings is 4. The Morgan fingerprint density at radius 2 is 1.36 bits per heavy atom. The first-order valence-corrected chi connectivity index (χ1v) is 28.6. The van der Waals surface area contributed by atoms with Gasteiger partial charge in [0.05, 0.1) is 42.7 Å². The summed E-state index contributed by atoms with van der Waals surface area (Å²) in [7, 11) is 0. The number of fused-ring (bicyclic) bond motifs is 1. The third-order valence-electron chi connectivity index (χ3n) is 16.3. The minimum Gasteiger partial charge on any atom is -0.468 e. The average Bonchev–Trinajstić information content (AvgIpc) is 4.37. The van der Waals surface area contributed by atoms with Crippen LogP contribution in [0.1, 0.15) is 159 Å². The van der Waals surface area contributed by atoms with E-state index in [2.05, 4.69) is 164 Å². The molecule has 19 nitrogen and oxygen atoms in total. The van der Waals surface area contributed by atoms with E-state index in [4.69, 9.17) is 8.94 Å². The van der Waals surface area contributed by atoms with Crippen molar-refractivity contribution in [2.75, 3.05) is 11.9 Å². The van der Waals surface area contributed by atoms with Crippen LogP contribution >= 0.6 is 0 Å². The molecular weight excluding hydrogens is 1000 g/mol. The fourth-order valence-electron chi connectivity index (χ4n) is 12.2. The summed E-state index contributed by atoms with van der Waals surface area (Å²) in [4.78, 5) is 3.39. The van der Waals surface area contributed by atoms with Gasteiger partial charge in [0.15, 0.2) is 23.3 Å². The van der Waals surface area contributed by atoms with E-state index in [1.54, 1.807) is 6.26 Å². The van der Waals surface area contributed by atoms with Crippen LogP contribution in [0.25, 0.3) is 16.6 Å².